The van der Waals surface area contributed by atoms with Gasteiger partial charge in [-0.3, -0.25) is 4.90 Å². The maximum absolute atomic E-state index is 6.27. The Balaban J connectivity index is 2.17. The topological polar surface area (TPSA) is 47.1 Å². The molecular weight excluding hydrogens is 236 g/mol. The van der Waals surface area contributed by atoms with E-state index in [-0.39, 0.29) is 5.54 Å². The van der Waals surface area contributed by atoms with Crippen LogP contribution >= 0.6 is 0 Å². The molecule has 0 spiro atoms. The summed E-state index contributed by atoms with van der Waals surface area (Å²) in [7, 11) is 0. The highest BCUT2D eigenvalue weighted by Crippen LogP contribution is 2.27. The molecule has 0 radical (unpaired) electrons. The molecule has 4 nitrogen and oxygen atoms in total. The zero-order chi connectivity index (χ0) is 14.2. The third-order valence-corrected chi connectivity index (χ3v) is 4.25. The van der Waals surface area contributed by atoms with Crippen LogP contribution in [0.25, 0.3) is 0 Å². The van der Waals surface area contributed by atoms with Crippen LogP contribution in [-0.2, 0) is 12.1 Å². The Morgan fingerprint density at radius 2 is 1.84 bits per heavy atom. The first-order chi connectivity index (χ1) is 8.80. The third-order valence-electron chi connectivity index (χ3n) is 4.25. The number of nitrogen functional groups attached to an aromatic ring is 1. The van der Waals surface area contributed by atoms with Gasteiger partial charge in [-0.2, -0.15) is 5.10 Å². The smallest absolute Gasteiger partial charge is 0.126 e. The first-order valence-corrected chi connectivity index (χ1v) is 7.39. The van der Waals surface area contributed by atoms with Gasteiger partial charge < -0.3 is 5.73 Å². The van der Waals surface area contributed by atoms with Gasteiger partial charge in [-0.15, -0.1) is 0 Å². The van der Waals surface area contributed by atoms with Crippen molar-refractivity contribution in [3.8, 4) is 0 Å². The predicted molar refractivity (Wildman–Crippen MR) is 80.0 cm³/mol. The molecule has 4 heteroatoms. The molecule has 0 amide bonds. The van der Waals surface area contributed by atoms with E-state index in [0.29, 0.717) is 12.1 Å². The van der Waals surface area contributed by atoms with Gasteiger partial charge in [-0.1, -0.05) is 6.42 Å². The average Bonchev–Trinajstić information content (AvgIpc) is 2.65. The van der Waals surface area contributed by atoms with Crippen LogP contribution in [0.1, 0.15) is 59.4 Å². The van der Waals surface area contributed by atoms with E-state index < -0.39 is 0 Å². The molecule has 2 heterocycles. The molecule has 2 unspecified atom stereocenters. The molecule has 0 aliphatic carbocycles. The number of aromatic nitrogens is 2. The molecule has 0 saturated carbocycles. The predicted octanol–water partition coefficient (Wildman–Crippen LogP) is 2.98. The van der Waals surface area contributed by atoms with E-state index in [2.05, 4.69) is 44.6 Å². The number of piperidine rings is 1. The maximum atomic E-state index is 6.27. The highest BCUT2D eigenvalue weighted by Gasteiger charge is 2.27. The average molecular weight is 264 g/mol. The van der Waals surface area contributed by atoms with Gasteiger partial charge in [0.05, 0.1) is 11.7 Å². The van der Waals surface area contributed by atoms with Crippen molar-refractivity contribution in [3.05, 3.63) is 11.8 Å². The van der Waals surface area contributed by atoms with E-state index in [4.69, 9.17) is 5.73 Å². The largest absolute Gasteiger partial charge is 0.384 e. The molecule has 1 saturated heterocycles. The summed E-state index contributed by atoms with van der Waals surface area (Å²) >= 11 is 0. The minimum absolute atomic E-state index is 0.0541. The van der Waals surface area contributed by atoms with E-state index in [1.54, 1.807) is 0 Å². The number of anilines is 1. The summed E-state index contributed by atoms with van der Waals surface area (Å²) in [5.41, 5.74) is 7.38. The van der Waals surface area contributed by atoms with Crippen LogP contribution in [0, 0.1) is 0 Å². The number of likely N-dealkylation sites (tertiary alicyclic amines) is 1. The highest BCUT2D eigenvalue weighted by molar-refractivity contribution is 5.39. The molecule has 108 valence electrons. The van der Waals surface area contributed by atoms with Gasteiger partial charge in [0.1, 0.15) is 5.82 Å². The minimum Gasteiger partial charge on any atom is -0.384 e. The van der Waals surface area contributed by atoms with Crippen LogP contribution in [0.4, 0.5) is 5.82 Å². The maximum Gasteiger partial charge on any atom is 0.126 e. The molecule has 1 aromatic heterocycles. The van der Waals surface area contributed by atoms with Gasteiger partial charge in [0, 0.05) is 24.2 Å². The fourth-order valence-corrected chi connectivity index (χ4v) is 3.03. The molecule has 1 aromatic rings. The van der Waals surface area contributed by atoms with Crippen LogP contribution in [0.3, 0.4) is 0 Å². The lowest BCUT2D eigenvalue weighted by molar-refractivity contribution is 0.0955. The Hall–Kier alpha value is -1.03. The first-order valence-electron chi connectivity index (χ1n) is 7.39. The molecule has 0 aromatic carbocycles. The quantitative estimate of drug-likeness (QED) is 0.893. The SMILES string of the molecule is CC1CCCC(C)N1Cc1cnn(C(C)(C)C)c1N. The summed E-state index contributed by atoms with van der Waals surface area (Å²) < 4.78 is 1.93. The Bertz CT molecular complexity index is 420. The molecule has 2 N–H and O–H groups in total. The summed E-state index contributed by atoms with van der Waals surface area (Å²) in [6.45, 7) is 12.0. The summed E-state index contributed by atoms with van der Waals surface area (Å²) in [6.07, 6.45) is 5.86. The van der Waals surface area contributed by atoms with Crippen molar-refractivity contribution in [1.29, 1.82) is 0 Å². The lowest BCUT2D eigenvalue weighted by atomic mass is 9.97. The number of rotatable bonds is 2. The zero-order valence-electron chi connectivity index (χ0n) is 13.0. The summed E-state index contributed by atoms with van der Waals surface area (Å²) in [5, 5.41) is 4.47. The van der Waals surface area contributed by atoms with Crippen molar-refractivity contribution in [2.75, 3.05) is 5.73 Å². The lowest BCUT2D eigenvalue weighted by Crippen LogP contribution is -2.43. The van der Waals surface area contributed by atoms with Crippen molar-refractivity contribution < 1.29 is 0 Å². The standard InChI is InChI=1S/C15H28N4/c1-11-7-6-8-12(2)18(11)10-13-9-17-19(14(13)16)15(3,4)5/h9,11-12H,6-8,10,16H2,1-5H3. The molecule has 0 bridgehead atoms. The number of hydrogen-bond donors (Lipinski definition) is 1. The minimum atomic E-state index is -0.0541. The van der Waals surface area contributed by atoms with Crippen molar-refractivity contribution in [1.82, 2.24) is 14.7 Å². The molecule has 1 fully saturated rings. The van der Waals surface area contributed by atoms with E-state index in [0.717, 1.165) is 17.9 Å². The monoisotopic (exact) mass is 264 g/mol. The third kappa shape index (κ3) is 2.94. The molecule has 1 aliphatic heterocycles. The van der Waals surface area contributed by atoms with Gasteiger partial charge >= 0.3 is 0 Å². The van der Waals surface area contributed by atoms with Gasteiger partial charge in [-0.25, -0.2) is 4.68 Å². The molecule has 2 atom stereocenters. The van der Waals surface area contributed by atoms with Gasteiger partial charge in [-0.05, 0) is 47.5 Å². The van der Waals surface area contributed by atoms with Crippen molar-refractivity contribution >= 4 is 5.82 Å². The number of hydrogen-bond acceptors (Lipinski definition) is 3. The van der Waals surface area contributed by atoms with E-state index in [1.165, 1.54) is 19.3 Å². The summed E-state index contributed by atoms with van der Waals surface area (Å²) in [4.78, 5) is 2.56. The zero-order valence-corrected chi connectivity index (χ0v) is 13.0. The van der Waals surface area contributed by atoms with Crippen LogP contribution in [0.15, 0.2) is 6.20 Å². The van der Waals surface area contributed by atoms with Crippen LogP contribution in [0.2, 0.25) is 0 Å². The molecule has 1 aliphatic rings. The Morgan fingerprint density at radius 1 is 1.26 bits per heavy atom. The Kier molecular flexibility index (Phi) is 3.90. The van der Waals surface area contributed by atoms with Crippen LogP contribution in [-0.4, -0.2) is 26.8 Å². The normalized spacial score (nSPS) is 25.7. The summed E-state index contributed by atoms with van der Waals surface area (Å²) in [6, 6.07) is 1.28. The second-order valence-corrected chi connectivity index (χ2v) is 6.94. The fraction of sp³-hybridized carbons (Fsp3) is 0.800. The van der Waals surface area contributed by atoms with Crippen LogP contribution in [0.5, 0.6) is 0 Å². The second kappa shape index (κ2) is 5.16. The Morgan fingerprint density at radius 3 is 2.32 bits per heavy atom. The molecule has 2 rings (SSSR count). The lowest BCUT2D eigenvalue weighted by Gasteiger charge is -2.38. The summed E-state index contributed by atoms with van der Waals surface area (Å²) in [5.74, 6) is 0.817. The van der Waals surface area contributed by atoms with Crippen molar-refractivity contribution in [3.63, 3.8) is 0 Å². The van der Waals surface area contributed by atoms with E-state index in [9.17, 15) is 0 Å². The molecule has 19 heavy (non-hydrogen) atoms. The fourth-order valence-electron chi connectivity index (χ4n) is 3.03. The van der Waals surface area contributed by atoms with Crippen molar-refractivity contribution in [2.24, 2.45) is 0 Å². The highest BCUT2D eigenvalue weighted by atomic mass is 15.3. The Labute approximate surface area is 117 Å². The second-order valence-electron chi connectivity index (χ2n) is 6.94. The first kappa shape index (κ1) is 14.4. The number of nitrogens with two attached hydrogens (primary N) is 1. The number of nitrogens with zero attached hydrogens (tertiary/aromatic N) is 3. The van der Waals surface area contributed by atoms with E-state index >= 15 is 0 Å². The van der Waals surface area contributed by atoms with Gasteiger partial charge in [0.15, 0.2) is 0 Å². The molecular formula is C15H28N4. The van der Waals surface area contributed by atoms with Crippen LogP contribution < -0.4 is 5.73 Å². The van der Waals surface area contributed by atoms with Gasteiger partial charge in [0.25, 0.3) is 0 Å². The van der Waals surface area contributed by atoms with E-state index in [1.807, 2.05) is 10.9 Å². The van der Waals surface area contributed by atoms with Gasteiger partial charge in [0.2, 0.25) is 0 Å². The van der Waals surface area contributed by atoms with Crippen molar-refractivity contribution in [2.45, 2.75) is 78.0 Å².